The number of ether oxygens (including phenoxy) is 1. The van der Waals surface area contributed by atoms with E-state index in [4.69, 9.17) is 4.74 Å². The molecular weight excluding hydrogens is 266 g/mol. The monoisotopic (exact) mass is 283 g/mol. The lowest BCUT2D eigenvalue weighted by atomic mass is 10.0. The summed E-state index contributed by atoms with van der Waals surface area (Å²) in [5.74, 6) is 0.748. The van der Waals surface area contributed by atoms with Gasteiger partial charge in [-0.2, -0.15) is 5.10 Å². The Morgan fingerprint density at radius 3 is 2.81 bits per heavy atom. The van der Waals surface area contributed by atoms with Gasteiger partial charge in [-0.05, 0) is 13.1 Å². The number of nitrogens with zero attached hydrogens (tertiary/aromatic N) is 4. The van der Waals surface area contributed by atoms with Gasteiger partial charge in [0.1, 0.15) is 5.69 Å². The molecular formula is C15H17N5O. The van der Waals surface area contributed by atoms with Crippen LogP contribution in [0, 0.1) is 0 Å². The van der Waals surface area contributed by atoms with E-state index in [-0.39, 0.29) is 6.04 Å². The lowest BCUT2D eigenvalue weighted by Gasteiger charge is -2.19. The highest BCUT2D eigenvalue weighted by Gasteiger charge is 2.23. The molecule has 1 N–H and O–H groups in total. The number of aryl methyl sites for hydroxylation is 1. The molecule has 108 valence electrons. The van der Waals surface area contributed by atoms with Crippen molar-refractivity contribution in [2.24, 2.45) is 7.05 Å². The molecule has 2 aromatic heterocycles. The van der Waals surface area contributed by atoms with Crippen LogP contribution in [0.1, 0.15) is 17.3 Å². The van der Waals surface area contributed by atoms with Gasteiger partial charge >= 0.3 is 0 Å². The second-order valence-electron chi connectivity index (χ2n) is 4.71. The fraction of sp³-hybridized carbons (Fsp3) is 0.267. The van der Waals surface area contributed by atoms with Gasteiger partial charge in [-0.25, -0.2) is 0 Å². The summed E-state index contributed by atoms with van der Waals surface area (Å²) >= 11 is 0. The third kappa shape index (κ3) is 2.23. The molecule has 2 heterocycles. The smallest absolute Gasteiger partial charge is 0.161 e. The van der Waals surface area contributed by atoms with E-state index in [1.165, 1.54) is 0 Å². The first-order valence-electron chi connectivity index (χ1n) is 6.69. The van der Waals surface area contributed by atoms with E-state index in [1.54, 1.807) is 25.7 Å². The van der Waals surface area contributed by atoms with Crippen molar-refractivity contribution < 1.29 is 4.74 Å². The van der Waals surface area contributed by atoms with Crippen LogP contribution in [0.25, 0.3) is 11.0 Å². The maximum atomic E-state index is 5.42. The summed E-state index contributed by atoms with van der Waals surface area (Å²) in [6.45, 7) is 0. The van der Waals surface area contributed by atoms with Gasteiger partial charge in [0.2, 0.25) is 0 Å². The number of hydrogen-bond acceptors (Lipinski definition) is 5. The average molecular weight is 283 g/mol. The zero-order valence-electron chi connectivity index (χ0n) is 12.2. The van der Waals surface area contributed by atoms with Crippen molar-refractivity contribution >= 4 is 11.0 Å². The lowest BCUT2D eigenvalue weighted by Crippen LogP contribution is -2.21. The first-order chi connectivity index (χ1) is 10.3. The Hall–Kier alpha value is -2.47. The van der Waals surface area contributed by atoms with Gasteiger partial charge in [0, 0.05) is 25.0 Å². The minimum atomic E-state index is -0.0761. The minimum Gasteiger partial charge on any atom is -0.493 e. The molecule has 0 fully saturated rings. The molecule has 0 bridgehead atoms. The number of nitrogens with one attached hydrogen (secondary N) is 1. The van der Waals surface area contributed by atoms with Crippen molar-refractivity contribution in [1.29, 1.82) is 0 Å². The highest BCUT2D eigenvalue weighted by Crippen LogP contribution is 2.31. The molecule has 1 unspecified atom stereocenters. The normalized spacial score (nSPS) is 12.5. The molecule has 1 aromatic carbocycles. The number of fused-ring (bicyclic) bond motifs is 1. The molecule has 0 aliphatic heterocycles. The quantitative estimate of drug-likeness (QED) is 0.789. The van der Waals surface area contributed by atoms with Gasteiger partial charge in [-0.15, -0.1) is 0 Å². The molecule has 3 rings (SSSR count). The molecule has 0 radical (unpaired) electrons. The van der Waals surface area contributed by atoms with Crippen LogP contribution in [0.15, 0.2) is 36.8 Å². The number of methoxy groups -OCH3 is 1. The van der Waals surface area contributed by atoms with Crippen molar-refractivity contribution in [3.05, 3.63) is 48.0 Å². The molecule has 0 amide bonds. The SMILES string of the molecule is CNC(c1cccc2nccnc12)c1c(OC)cnn1C. The Bertz CT molecular complexity index is 762. The summed E-state index contributed by atoms with van der Waals surface area (Å²) in [6.07, 6.45) is 5.13. The number of hydrogen-bond donors (Lipinski definition) is 1. The molecule has 6 heteroatoms. The summed E-state index contributed by atoms with van der Waals surface area (Å²) in [5.41, 5.74) is 3.75. The van der Waals surface area contributed by atoms with Crippen LogP contribution in [0.4, 0.5) is 0 Å². The Morgan fingerprint density at radius 2 is 2.05 bits per heavy atom. The van der Waals surface area contributed by atoms with E-state index in [1.807, 2.05) is 37.0 Å². The van der Waals surface area contributed by atoms with Crippen LogP contribution < -0.4 is 10.1 Å². The molecule has 0 aliphatic carbocycles. The molecule has 1 atom stereocenters. The Kier molecular flexibility index (Phi) is 3.53. The van der Waals surface area contributed by atoms with Crippen LogP contribution >= 0.6 is 0 Å². The van der Waals surface area contributed by atoms with Crippen molar-refractivity contribution in [2.45, 2.75) is 6.04 Å². The van der Waals surface area contributed by atoms with Crippen LogP contribution in [0.3, 0.4) is 0 Å². The van der Waals surface area contributed by atoms with Crippen molar-refractivity contribution in [1.82, 2.24) is 25.1 Å². The fourth-order valence-corrected chi connectivity index (χ4v) is 2.60. The van der Waals surface area contributed by atoms with Crippen molar-refractivity contribution in [3.63, 3.8) is 0 Å². The van der Waals surface area contributed by atoms with E-state index in [9.17, 15) is 0 Å². The van der Waals surface area contributed by atoms with E-state index in [0.717, 1.165) is 28.0 Å². The number of aromatic nitrogens is 4. The van der Waals surface area contributed by atoms with Crippen LogP contribution in [-0.2, 0) is 7.05 Å². The molecule has 21 heavy (non-hydrogen) atoms. The lowest BCUT2D eigenvalue weighted by molar-refractivity contribution is 0.403. The van der Waals surface area contributed by atoms with Crippen molar-refractivity contribution in [3.8, 4) is 5.75 Å². The van der Waals surface area contributed by atoms with E-state index in [0.29, 0.717) is 0 Å². The summed E-state index contributed by atoms with van der Waals surface area (Å²) in [4.78, 5) is 8.83. The van der Waals surface area contributed by atoms with E-state index in [2.05, 4.69) is 20.4 Å². The van der Waals surface area contributed by atoms with Gasteiger partial charge in [0.15, 0.2) is 5.75 Å². The number of rotatable bonds is 4. The van der Waals surface area contributed by atoms with Gasteiger partial charge in [0.25, 0.3) is 0 Å². The standard InChI is InChI=1S/C15H17N5O/c1-16-14(15-12(21-3)9-19-20(15)2)10-5-4-6-11-13(10)18-8-7-17-11/h4-9,14,16H,1-3H3. The van der Waals surface area contributed by atoms with E-state index < -0.39 is 0 Å². The van der Waals surface area contributed by atoms with Gasteiger partial charge in [-0.1, -0.05) is 12.1 Å². The highest BCUT2D eigenvalue weighted by atomic mass is 16.5. The third-order valence-corrected chi connectivity index (χ3v) is 3.57. The molecule has 0 saturated carbocycles. The second kappa shape index (κ2) is 5.49. The first-order valence-corrected chi connectivity index (χ1v) is 6.69. The molecule has 3 aromatic rings. The van der Waals surface area contributed by atoms with Crippen molar-refractivity contribution in [2.75, 3.05) is 14.2 Å². The third-order valence-electron chi connectivity index (χ3n) is 3.57. The first kappa shape index (κ1) is 13.5. The molecule has 6 nitrogen and oxygen atoms in total. The predicted molar refractivity (Wildman–Crippen MR) is 80.2 cm³/mol. The second-order valence-corrected chi connectivity index (χ2v) is 4.71. The highest BCUT2D eigenvalue weighted by molar-refractivity contribution is 5.78. The van der Waals surface area contributed by atoms with Gasteiger partial charge in [-0.3, -0.25) is 14.6 Å². The molecule has 0 aliphatic rings. The molecule has 0 saturated heterocycles. The molecule has 0 spiro atoms. The largest absolute Gasteiger partial charge is 0.493 e. The minimum absolute atomic E-state index is 0.0761. The van der Waals surface area contributed by atoms with Crippen LogP contribution in [0.5, 0.6) is 5.75 Å². The summed E-state index contributed by atoms with van der Waals surface area (Å²) < 4.78 is 7.24. The van der Waals surface area contributed by atoms with Crippen LogP contribution in [-0.4, -0.2) is 33.9 Å². The summed E-state index contributed by atoms with van der Waals surface area (Å²) in [7, 11) is 5.46. The number of benzene rings is 1. The van der Waals surface area contributed by atoms with Gasteiger partial charge < -0.3 is 10.1 Å². The Balaban J connectivity index is 2.21. The summed E-state index contributed by atoms with van der Waals surface area (Å²) in [5, 5.41) is 7.60. The summed E-state index contributed by atoms with van der Waals surface area (Å²) in [6, 6.07) is 5.91. The Labute approximate surface area is 122 Å². The fourth-order valence-electron chi connectivity index (χ4n) is 2.60. The maximum absolute atomic E-state index is 5.42. The van der Waals surface area contributed by atoms with E-state index >= 15 is 0 Å². The predicted octanol–water partition coefficient (Wildman–Crippen LogP) is 1.68. The van der Waals surface area contributed by atoms with Gasteiger partial charge in [0.05, 0.1) is 30.4 Å². The van der Waals surface area contributed by atoms with Crippen LogP contribution in [0.2, 0.25) is 0 Å². The zero-order valence-corrected chi connectivity index (χ0v) is 12.2. The average Bonchev–Trinajstić information content (AvgIpc) is 2.90. The zero-order chi connectivity index (χ0) is 14.8. The topological polar surface area (TPSA) is 64.9 Å². The number of para-hydroxylation sites is 1. The Morgan fingerprint density at radius 1 is 1.24 bits per heavy atom. The maximum Gasteiger partial charge on any atom is 0.161 e.